The molecular formula is C21H23FO5. The molecule has 0 spiro atoms. The third kappa shape index (κ3) is 3.52. The molecule has 0 saturated heterocycles. The Kier molecular flexibility index (Phi) is 5.44. The van der Waals surface area contributed by atoms with E-state index in [1.54, 1.807) is 33.5 Å². The lowest BCUT2D eigenvalue weighted by Crippen LogP contribution is -2.17. The number of benzene rings is 2. The lowest BCUT2D eigenvalue weighted by atomic mass is 9.81. The van der Waals surface area contributed by atoms with Crippen LogP contribution in [0.4, 0.5) is 4.39 Å². The molecule has 0 bridgehead atoms. The number of phenolic OH excluding ortho intramolecular Hbond substituents is 1. The summed E-state index contributed by atoms with van der Waals surface area (Å²) in [7, 11) is 6.13. The summed E-state index contributed by atoms with van der Waals surface area (Å²) >= 11 is 0. The Morgan fingerprint density at radius 2 is 1.44 bits per heavy atom. The Bertz CT molecular complexity index is 842. The van der Waals surface area contributed by atoms with Crippen LogP contribution in [0.5, 0.6) is 28.7 Å². The third-order valence-corrected chi connectivity index (χ3v) is 4.71. The van der Waals surface area contributed by atoms with Gasteiger partial charge in [0.15, 0.2) is 23.0 Å². The Labute approximate surface area is 157 Å². The first-order valence-electron chi connectivity index (χ1n) is 8.56. The average molecular weight is 374 g/mol. The summed E-state index contributed by atoms with van der Waals surface area (Å²) in [5.41, 5.74) is 3.39. The van der Waals surface area contributed by atoms with Crippen LogP contribution in [0.3, 0.4) is 0 Å². The van der Waals surface area contributed by atoms with Gasteiger partial charge in [-0.25, -0.2) is 4.39 Å². The van der Waals surface area contributed by atoms with Crippen LogP contribution in [0.2, 0.25) is 0 Å². The number of alkyl halides is 1. The highest BCUT2D eigenvalue weighted by molar-refractivity contribution is 5.85. The Morgan fingerprint density at radius 1 is 0.852 bits per heavy atom. The molecule has 1 N–H and O–H groups in total. The standard InChI is InChI=1S/C21H23FO5/c1-24-17-6-5-12(9-16(17)23)20(13-7-15(22)8-13)14-10-18(25-2)21(27-4)19(11-14)26-3/h5-6,9-11,15,23H,7-8H2,1-4H3. The van der Waals surface area contributed by atoms with Crippen LogP contribution in [-0.2, 0) is 0 Å². The minimum atomic E-state index is -0.844. The molecule has 3 rings (SSSR count). The SMILES string of the molecule is COc1ccc(C(=C2CC(F)C2)c2cc(OC)c(OC)c(OC)c2)cc1O. The molecular weight excluding hydrogens is 351 g/mol. The van der Waals surface area contributed by atoms with Crippen LogP contribution in [-0.4, -0.2) is 39.7 Å². The van der Waals surface area contributed by atoms with E-state index in [1.165, 1.54) is 7.11 Å². The highest BCUT2D eigenvalue weighted by atomic mass is 19.1. The maximum absolute atomic E-state index is 13.6. The number of allylic oxidation sites excluding steroid dienone is 1. The van der Waals surface area contributed by atoms with E-state index in [-0.39, 0.29) is 5.75 Å². The molecule has 0 atom stereocenters. The first-order chi connectivity index (χ1) is 13.0. The van der Waals surface area contributed by atoms with Crippen molar-refractivity contribution in [3.8, 4) is 28.7 Å². The van der Waals surface area contributed by atoms with Crippen LogP contribution in [0.15, 0.2) is 35.9 Å². The van der Waals surface area contributed by atoms with Gasteiger partial charge in [0.1, 0.15) is 6.17 Å². The van der Waals surface area contributed by atoms with Crippen molar-refractivity contribution in [1.29, 1.82) is 0 Å². The molecule has 2 aromatic carbocycles. The summed E-state index contributed by atoms with van der Waals surface area (Å²) < 4.78 is 35.0. The maximum Gasteiger partial charge on any atom is 0.203 e. The normalized spacial score (nSPS) is 15.7. The highest BCUT2D eigenvalue weighted by Gasteiger charge is 2.28. The summed E-state index contributed by atoms with van der Waals surface area (Å²) in [4.78, 5) is 0. The summed E-state index contributed by atoms with van der Waals surface area (Å²) in [6.45, 7) is 0. The average Bonchev–Trinajstić information content (AvgIpc) is 2.66. The number of rotatable bonds is 6. The zero-order valence-electron chi connectivity index (χ0n) is 15.8. The van der Waals surface area contributed by atoms with E-state index in [4.69, 9.17) is 18.9 Å². The van der Waals surface area contributed by atoms with Crippen molar-refractivity contribution in [2.75, 3.05) is 28.4 Å². The first-order valence-corrected chi connectivity index (χ1v) is 8.56. The highest BCUT2D eigenvalue weighted by Crippen LogP contribution is 2.45. The van der Waals surface area contributed by atoms with E-state index in [0.29, 0.717) is 35.8 Å². The van der Waals surface area contributed by atoms with Gasteiger partial charge in [-0.05, 0) is 41.0 Å². The van der Waals surface area contributed by atoms with Gasteiger partial charge >= 0.3 is 0 Å². The molecule has 6 heteroatoms. The minimum Gasteiger partial charge on any atom is -0.504 e. The van der Waals surface area contributed by atoms with Gasteiger partial charge in [-0.1, -0.05) is 11.6 Å². The van der Waals surface area contributed by atoms with Crippen molar-refractivity contribution in [1.82, 2.24) is 0 Å². The molecule has 0 amide bonds. The van der Waals surface area contributed by atoms with Crippen molar-refractivity contribution < 1.29 is 28.4 Å². The summed E-state index contributed by atoms with van der Waals surface area (Å²) in [6.07, 6.45) is -0.124. The molecule has 144 valence electrons. The van der Waals surface area contributed by atoms with E-state index >= 15 is 0 Å². The topological polar surface area (TPSA) is 57.2 Å². The molecule has 1 aliphatic carbocycles. The van der Waals surface area contributed by atoms with Crippen LogP contribution in [0.1, 0.15) is 24.0 Å². The quantitative estimate of drug-likeness (QED) is 0.814. The minimum absolute atomic E-state index is 0.0247. The second-order valence-electron chi connectivity index (χ2n) is 6.28. The summed E-state index contributed by atoms with van der Waals surface area (Å²) in [5.74, 6) is 1.92. The molecule has 2 aromatic rings. The van der Waals surface area contributed by atoms with Crippen LogP contribution in [0.25, 0.3) is 5.57 Å². The lowest BCUT2D eigenvalue weighted by molar-refractivity contribution is 0.273. The second kappa shape index (κ2) is 7.78. The Balaban J connectivity index is 2.19. The van der Waals surface area contributed by atoms with Gasteiger partial charge in [-0.15, -0.1) is 0 Å². The predicted octanol–water partition coefficient (Wildman–Crippen LogP) is 4.36. The van der Waals surface area contributed by atoms with Crippen molar-refractivity contribution >= 4 is 5.57 Å². The fraction of sp³-hybridized carbons (Fsp3) is 0.333. The summed E-state index contributed by atoms with van der Waals surface area (Å²) in [5, 5.41) is 10.2. The fourth-order valence-corrected chi connectivity index (χ4v) is 3.32. The van der Waals surface area contributed by atoms with Gasteiger partial charge < -0.3 is 24.1 Å². The molecule has 1 aliphatic rings. The number of methoxy groups -OCH3 is 4. The molecule has 0 unspecified atom stereocenters. The van der Waals surface area contributed by atoms with Gasteiger partial charge in [-0.2, -0.15) is 0 Å². The van der Waals surface area contributed by atoms with E-state index in [1.807, 2.05) is 18.2 Å². The van der Waals surface area contributed by atoms with Crippen molar-refractivity contribution in [2.45, 2.75) is 19.0 Å². The Hall–Kier alpha value is -2.89. The van der Waals surface area contributed by atoms with Crippen LogP contribution in [0, 0.1) is 0 Å². The first kappa shape index (κ1) is 18.9. The van der Waals surface area contributed by atoms with E-state index in [0.717, 1.165) is 22.3 Å². The molecule has 0 radical (unpaired) electrons. The fourth-order valence-electron chi connectivity index (χ4n) is 3.32. The largest absolute Gasteiger partial charge is 0.504 e. The summed E-state index contributed by atoms with van der Waals surface area (Å²) in [6, 6.07) is 8.81. The number of phenols is 1. The smallest absolute Gasteiger partial charge is 0.203 e. The zero-order chi connectivity index (χ0) is 19.6. The zero-order valence-corrected chi connectivity index (χ0v) is 15.8. The van der Waals surface area contributed by atoms with Crippen molar-refractivity contribution in [3.05, 3.63) is 47.0 Å². The van der Waals surface area contributed by atoms with Gasteiger partial charge in [-0.3, -0.25) is 0 Å². The molecule has 0 heterocycles. The van der Waals surface area contributed by atoms with E-state index in [2.05, 4.69) is 0 Å². The molecule has 27 heavy (non-hydrogen) atoms. The molecule has 1 saturated carbocycles. The van der Waals surface area contributed by atoms with Gasteiger partial charge in [0.05, 0.1) is 28.4 Å². The van der Waals surface area contributed by atoms with E-state index in [9.17, 15) is 9.50 Å². The van der Waals surface area contributed by atoms with Crippen LogP contribution < -0.4 is 18.9 Å². The van der Waals surface area contributed by atoms with Gasteiger partial charge in [0, 0.05) is 12.8 Å². The van der Waals surface area contributed by atoms with Crippen molar-refractivity contribution in [2.24, 2.45) is 0 Å². The van der Waals surface area contributed by atoms with Gasteiger partial charge in [0.25, 0.3) is 0 Å². The molecule has 0 aromatic heterocycles. The Morgan fingerprint density at radius 3 is 1.89 bits per heavy atom. The van der Waals surface area contributed by atoms with Crippen LogP contribution >= 0.6 is 0 Å². The maximum atomic E-state index is 13.6. The predicted molar refractivity (Wildman–Crippen MR) is 101 cm³/mol. The van der Waals surface area contributed by atoms with Crippen molar-refractivity contribution in [3.63, 3.8) is 0 Å². The molecule has 1 fully saturated rings. The lowest BCUT2D eigenvalue weighted by Gasteiger charge is -2.27. The third-order valence-electron chi connectivity index (χ3n) is 4.71. The number of halogens is 1. The molecule has 5 nitrogen and oxygen atoms in total. The number of hydrogen-bond donors (Lipinski definition) is 1. The monoisotopic (exact) mass is 374 g/mol. The second-order valence-corrected chi connectivity index (χ2v) is 6.28. The number of ether oxygens (including phenoxy) is 4. The number of hydrogen-bond acceptors (Lipinski definition) is 5. The van der Waals surface area contributed by atoms with Gasteiger partial charge in [0.2, 0.25) is 5.75 Å². The molecule has 0 aliphatic heterocycles. The van der Waals surface area contributed by atoms with E-state index < -0.39 is 6.17 Å². The number of aromatic hydroxyl groups is 1.